The first kappa shape index (κ1) is 23.8. The predicted molar refractivity (Wildman–Crippen MR) is 125 cm³/mol. The number of halogens is 1. The molecule has 2 aromatic carbocycles. The van der Waals surface area contributed by atoms with E-state index in [-0.39, 0.29) is 12.2 Å². The number of nitrogens with zero attached hydrogens (tertiary/aromatic N) is 4. The third kappa shape index (κ3) is 5.41. The van der Waals surface area contributed by atoms with E-state index in [0.29, 0.717) is 22.3 Å². The lowest BCUT2D eigenvalue weighted by molar-refractivity contribution is -0.144. The Morgan fingerprint density at radius 1 is 1.14 bits per heavy atom. The van der Waals surface area contributed by atoms with Gasteiger partial charge in [0, 0.05) is 11.1 Å². The highest BCUT2D eigenvalue weighted by Crippen LogP contribution is 2.22. The lowest BCUT2D eigenvalue weighted by Crippen LogP contribution is -2.52. The zero-order chi connectivity index (χ0) is 24.9. The van der Waals surface area contributed by atoms with Gasteiger partial charge >= 0.3 is 17.3 Å². The molecule has 180 valence electrons. The van der Waals surface area contributed by atoms with Gasteiger partial charge in [-0.1, -0.05) is 23.7 Å². The van der Waals surface area contributed by atoms with E-state index in [9.17, 15) is 14.4 Å². The van der Waals surface area contributed by atoms with Gasteiger partial charge in [0.25, 0.3) is 5.88 Å². The van der Waals surface area contributed by atoms with Crippen molar-refractivity contribution < 1.29 is 18.8 Å². The third-order valence-electron chi connectivity index (χ3n) is 5.02. The molecule has 4 rings (SSSR count). The lowest BCUT2D eigenvalue weighted by atomic mass is 10.2. The van der Waals surface area contributed by atoms with Gasteiger partial charge in [-0.15, -0.1) is 0 Å². The smallest absolute Gasteiger partial charge is 0.336 e. The summed E-state index contributed by atoms with van der Waals surface area (Å²) in [5.41, 5.74) is -0.366. The van der Waals surface area contributed by atoms with Gasteiger partial charge in [0.15, 0.2) is 0 Å². The molecule has 0 spiro atoms. The van der Waals surface area contributed by atoms with E-state index in [1.165, 1.54) is 24.9 Å². The van der Waals surface area contributed by atoms with Crippen LogP contribution in [0.2, 0.25) is 5.02 Å². The molecule has 0 saturated carbocycles. The summed E-state index contributed by atoms with van der Waals surface area (Å²) < 4.78 is 17.0. The van der Waals surface area contributed by atoms with Gasteiger partial charge in [0.2, 0.25) is 5.62 Å². The van der Waals surface area contributed by atoms with Crippen molar-refractivity contribution in [1.29, 1.82) is 0 Å². The second-order valence-corrected chi connectivity index (χ2v) is 7.80. The molecule has 0 aliphatic heterocycles. The summed E-state index contributed by atoms with van der Waals surface area (Å²) in [7, 11) is 1.18. The number of hydrogen-bond acceptors (Lipinski definition) is 8. The molecule has 2 aromatic heterocycles. The molecule has 4 aromatic rings. The normalized spacial score (nSPS) is 12.4. The van der Waals surface area contributed by atoms with Crippen LogP contribution in [-0.2, 0) is 16.1 Å². The molecule has 0 unspecified atom stereocenters. The Balaban J connectivity index is 1.79. The SMILES string of the molecule is COC(=O)[C@H](C)n1c(=O)[nH]/c(=N\c2ccc(Oc3ccon3)cc2)n(Cc2ccc(Cl)cc2)c1=O. The Morgan fingerprint density at radius 3 is 2.49 bits per heavy atom. The molecule has 2 heterocycles. The summed E-state index contributed by atoms with van der Waals surface area (Å²) in [6.45, 7) is 1.46. The van der Waals surface area contributed by atoms with Gasteiger partial charge < -0.3 is 14.0 Å². The molecule has 1 N–H and O–H groups in total. The minimum Gasteiger partial charge on any atom is -0.467 e. The van der Waals surface area contributed by atoms with Gasteiger partial charge in [-0.3, -0.25) is 9.55 Å². The van der Waals surface area contributed by atoms with Crippen molar-refractivity contribution in [3.05, 3.63) is 98.0 Å². The highest BCUT2D eigenvalue weighted by atomic mass is 35.5. The minimum atomic E-state index is -1.14. The molecule has 0 radical (unpaired) electrons. The number of methoxy groups -OCH3 is 1. The fraction of sp³-hybridized carbons (Fsp3) is 0.174. The average molecular weight is 498 g/mol. The molecule has 12 heteroatoms. The standard InChI is InChI=1S/C23H20ClN5O6/c1-14(20(30)33-2)29-22(31)26-21(28(23(29)32)13-15-3-5-16(24)6-4-15)25-17-7-9-18(10-8-17)35-19-11-12-34-27-19/h3-12,14H,13H2,1-2H3,(H,25,26,31)/t14-/m0/s1. The van der Waals surface area contributed by atoms with Crippen molar-refractivity contribution in [2.24, 2.45) is 4.99 Å². The van der Waals surface area contributed by atoms with Crippen molar-refractivity contribution in [3.8, 4) is 11.6 Å². The summed E-state index contributed by atoms with van der Waals surface area (Å²) >= 11 is 5.97. The van der Waals surface area contributed by atoms with Crippen LogP contribution in [0.25, 0.3) is 0 Å². The number of carbonyl (C=O) groups excluding carboxylic acids is 1. The zero-order valence-electron chi connectivity index (χ0n) is 18.7. The first-order valence-corrected chi connectivity index (χ1v) is 10.7. The van der Waals surface area contributed by atoms with Crippen LogP contribution >= 0.6 is 11.6 Å². The topological polar surface area (TPSA) is 134 Å². The van der Waals surface area contributed by atoms with E-state index in [1.807, 2.05) is 0 Å². The average Bonchev–Trinajstić information content (AvgIpc) is 3.36. The molecule has 0 amide bonds. The van der Waals surface area contributed by atoms with E-state index in [2.05, 4.69) is 15.1 Å². The number of nitrogens with one attached hydrogen (secondary N) is 1. The quantitative estimate of drug-likeness (QED) is 0.388. The Morgan fingerprint density at radius 2 is 1.86 bits per heavy atom. The van der Waals surface area contributed by atoms with Crippen LogP contribution in [0.1, 0.15) is 18.5 Å². The summed E-state index contributed by atoms with van der Waals surface area (Å²) in [5, 5.41) is 4.21. The van der Waals surface area contributed by atoms with E-state index >= 15 is 0 Å². The molecule has 0 aliphatic carbocycles. The highest BCUT2D eigenvalue weighted by molar-refractivity contribution is 6.30. The monoisotopic (exact) mass is 497 g/mol. The number of carbonyl (C=O) groups is 1. The summed E-state index contributed by atoms with van der Waals surface area (Å²) in [6, 6.07) is 13.9. The number of esters is 1. The molecule has 11 nitrogen and oxygen atoms in total. The van der Waals surface area contributed by atoms with Gasteiger partial charge in [-0.25, -0.2) is 23.9 Å². The maximum atomic E-state index is 13.3. The van der Waals surface area contributed by atoms with Crippen LogP contribution in [0.4, 0.5) is 5.69 Å². The lowest BCUT2D eigenvalue weighted by Gasteiger charge is -2.15. The summed E-state index contributed by atoms with van der Waals surface area (Å²) in [6.07, 6.45) is 1.39. The largest absolute Gasteiger partial charge is 0.467 e. The van der Waals surface area contributed by atoms with Crippen LogP contribution in [0.15, 0.2) is 80.0 Å². The van der Waals surface area contributed by atoms with Gasteiger partial charge in [0.1, 0.15) is 18.1 Å². The van der Waals surface area contributed by atoms with E-state index in [4.69, 9.17) is 25.6 Å². The van der Waals surface area contributed by atoms with Crippen LogP contribution in [0.3, 0.4) is 0 Å². The fourth-order valence-electron chi connectivity index (χ4n) is 3.24. The molecule has 0 aliphatic rings. The number of benzene rings is 2. The molecule has 0 bridgehead atoms. The van der Waals surface area contributed by atoms with E-state index in [0.717, 1.165) is 10.1 Å². The van der Waals surface area contributed by atoms with Gasteiger partial charge in [-0.05, 0) is 54.0 Å². The first-order chi connectivity index (χ1) is 16.9. The number of aromatic amines is 1. The number of H-pyrrole nitrogens is 1. The fourth-order valence-corrected chi connectivity index (χ4v) is 3.36. The van der Waals surface area contributed by atoms with Crippen LogP contribution < -0.4 is 21.7 Å². The van der Waals surface area contributed by atoms with Crippen LogP contribution in [-0.4, -0.2) is 32.4 Å². The maximum Gasteiger partial charge on any atom is 0.336 e. The molecular weight excluding hydrogens is 478 g/mol. The number of ether oxygens (including phenoxy) is 2. The third-order valence-corrected chi connectivity index (χ3v) is 5.27. The van der Waals surface area contributed by atoms with Crippen molar-refractivity contribution in [2.75, 3.05) is 7.11 Å². The minimum absolute atomic E-state index is 0.00608. The number of rotatable bonds is 7. The van der Waals surface area contributed by atoms with Crippen molar-refractivity contribution >= 4 is 23.3 Å². The highest BCUT2D eigenvalue weighted by Gasteiger charge is 2.21. The maximum absolute atomic E-state index is 13.3. The van der Waals surface area contributed by atoms with Crippen LogP contribution in [0, 0.1) is 0 Å². The van der Waals surface area contributed by atoms with E-state index < -0.39 is 23.4 Å². The second-order valence-electron chi connectivity index (χ2n) is 7.36. The zero-order valence-corrected chi connectivity index (χ0v) is 19.4. The molecule has 0 saturated heterocycles. The van der Waals surface area contributed by atoms with Gasteiger partial charge in [0.05, 0.1) is 19.3 Å². The van der Waals surface area contributed by atoms with Crippen LogP contribution in [0.5, 0.6) is 11.6 Å². The molecule has 1 atom stereocenters. The first-order valence-electron chi connectivity index (χ1n) is 10.4. The Kier molecular flexibility index (Phi) is 6.97. The molecule has 35 heavy (non-hydrogen) atoms. The second kappa shape index (κ2) is 10.3. The summed E-state index contributed by atoms with van der Waals surface area (Å²) in [4.78, 5) is 45.2. The molecule has 0 fully saturated rings. The van der Waals surface area contributed by atoms with Crippen molar-refractivity contribution in [1.82, 2.24) is 19.3 Å². The molecular formula is C23H20ClN5O6. The van der Waals surface area contributed by atoms with E-state index in [1.54, 1.807) is 54.6 Å². The Bertz CT molecular complexity index is 1500. The Labute approximate surface area is 202 Å². The van der Waals surface area contributed by atoms with Crippen molar-refractivity contribution in [2.45, 2.75) is 19.5 Å². The Hall–Kier alpha value is -4.38. The predicted octanol–water partition coefficient (Wildman–Crippen LogP) is 2.79. The summed E-state index contributed by atoms with van der Waals surface area (Å²) in [5.74, 6) is 0.0499. The number of hydrogen-bond donors (Lipinski definition) is 1. The number of aromatic nitrogens is 4. The van der Waals surface area contributed by atoms with Gasteiger partial charge in [-0.2, -0.15) is 0 Å². The van der Waals surface area contributed by atoms with Crippen molar-refractivity contribution in [3.63, 3.8) is 0 Å².